The topological polar surface area (TPSA) is 63.6 Å². The number of esters is 1. The molecule has 1 aromatic rings. The Kier molecular flexibility index (Phi) is 5.55. The van der Waals surface area contributed by atoms with E-state index in [0.717, 1.165) is 11.3 Å². The first kappa shape index (κ1) is 12.6. The number of carbonyl (C=O) groups excluding carboxylic acids is 1. The fourth-order valence-corrected chi connectivity index (χ4v) is 1.37. The maximum atomic E-state index is 10.4. The lowest BCUT2D eigenvalue weighted by Crippen LogP contribution is -1.99. The Labute approximate surface area is 86.1 Å². The van der Waals surface area contributed by atoms with Crippen LogP contribution in [0.15, 0.2) is 12.1 Å². The van der Waals surface area contributed by atoms with Crippen LogP contribution in [0.1, 0.15) is 30.4 Å². The van der Waals surface area contributed by atoms with Crippen LogP contribution in [0.25, 0.3) is 0 Å². The molecule has 0 bridgehead atoms. The highest BCUT2D eigenvalue weighted by atomic mass is 32.1. The van der Waals surface area contributed by atoms with Gasteiger partial charge in [-0.2, -0.15) is 0 Å². The number of hydrogen-bond acceptors (Lipinski definition) is 4. The van der Waals surface area contributed by atoms with Gasteiger partial charge in [0.2, 0.25) is 0 Å². The van der Waals surface area contributed by atoms with Gasteiger partial charge in [0.05, 0.1) is 0 Å². The summed E-state index contributed by atoms with van der Waals surface area (Å²) in [5, 5.41) is 8.81. The van der Waals surface area contributed by atoms with Crippen molar-refractivity contribution in [2.24, 2.45) is 0 Å². The zero-order chi connectivity index (χ0) is 11.1. The number of carboxylic acids is 1. The maximum Gasteiger partial charge on any atom is 0.345 e. The average molecular weight is 216 g/mol. The van der Waals surface area contributed by atoms with Crippen molar-refractivity contribution >= 4 is 23.3 Å². The molecule has 0 fully saturated rings. The molecule has 0 amide bonds. The first-order valence-corrected chi connectivity index (χ1v) is 4.93. The SMILES string of the molecule is CC.CC(=O)Oc1ccc(C(=O)O)s1. The number of hydrogen-bond donors (Lipinski definition) is 1. The molecule has 78 valence electrons. The van der Waals surface area contributed by atoms with Gasteiger partial charge >= 0.3 is 11.9 Å². The molecule has 0 radical (unpaired) electrons. The monoisotopic (exact) mass is 216 g/mol. The number of ether oxygens (including phenoxy) is 1. The summed E-state index contributed by atoms with van der Waals surface area (Å²) < 4.78 is 4.66. The molecule has 4 nitrogen and oxygen atoms in total. The molecule has 0 unspecified atom stereocenters. The fourth-order valence-electron chi connectivity index (χ4n) is 0.632. The third-order valence-corrected chi connectivity index (χ3v) is 1.99. The second-order valence-corrected chi connectivity index (χ2v) is 3.06. The van der Waals surface area contributed by atoms with Crippen LogP contribution in [0.4, 0.5) is 0 Å². The first-order valence-electron chi connectivity index (χ1n) is 4.11. The third kappa shape index (κ3) is 4.04. The minimum Gasteiger partial charge on any atom is -0.477 e. The fraction of sp³-hybridized carbons (Fsp3) is 0.333. The normalized spacial score (nSPS) is 8.50. The summed E-state index contributed by atoms with van der Waals surface area (Å²) in [4.78, 5) is 21.0. The molecule has 1 rings (SSSR count). The van der Waals surface area contributed by atoms with Crippen LogP contribution in [0, 0.1) is 0 Å². The first-order chi connectivity index (χ1) is 6.59. The highest BCUT2D eigenvalue weighted by Gasteiger charge is 2.08. The molecule has 1 aromatic heterocycles. The van der Waals surface area contributed by atoms with Crippen LogP contribution in [0.5, 0.6) is 5.06 Å². The summed E-state index contributed by atoms with van der Waals surface area (Å²) in [5.74, 6) is -1.47. The molecular formula is C9H12O4S. The van der Waals surface area contributed by atoms with Gasteiger partial charge in [-0.3, -0.25) is 4.79 Å². The van der Waals surface area contributed by atoms with Gasteiger partial charge in [-0.15, -0.1) is 0 Å². The van der Waals surface area contributed by atoms with E-state index in [2.05, 4.69) is 4.74 Å². The van der Waals surface area contributed by atoms with Crippen LogP contribution >= 0.6 is 11.3 Å². The van der Waals surface area contributed by atoms with Crippen molar-refractivity contribution in [3.8, 4) is 5.06 Å². The molecule has 0 saturated heterocycles. The van der Waals surface area contributed by atoms with E-state index in [1.807, 2.05) is 13.8 Å². The molecule has 0 aliphatic carbocycles. The lowest BCUT2D eigenvalue weighted by Gasteiger charge is -1.92. The summed E-state index contributed by atoms with van der Waals surface area (Å²) >= 11 is 0.927. The van der Waals surface area contributed by atoms with Crippen LogP contribution in [0.3, 0.4) is 0 Å². The molecule has 0 atom stereocenters. The minimum absolute atomic E-state index is 0.159. The predicted molar refractivity (Wildman–Crippen MR) is 53.9 cm³/mol. The van der Waals surface area contributed by atoms with E-state index in [9.17, 15) is 9.59 Å². The van der Waals surface area contributed by atoms with Crippen LogP contribution in [-0.4, -0.2) is 17.0 Å². The van der Waals surface area contributed by atoms with E-state index in [0.29, 0.717) is 5.06 Å². The standard InChI is InChI=1S/C7H6O4S.C2H6/c1-4(8)11-6-3-2-5(12-6)7(9)10;1-2/h2-3H,1H3,(H,9,10);1-2H3. The van der Waals surface area contributed by atoms with E-state index >= 15 is 0 Å². The van der Waals surface area contributed by atoms with Crippen molar-refractivity contribution in [2.75, 3.05) is 0 Å². The van der Waals surface area contributed by atoms with Crippen molar-refractivity contribution in [2.45, 2.75) is 20.8 Å². The van der Waals surface area contributed by atoms with Crippen molar-refractivity contribution in [1.82, 2.24) is 0 Å². The van der Waals surface area contributed by atoms with Crippen molar-refractivity contribution in [1.29, 1.82) is 0 Å². The second kappa shape index (κ2) is 6.15. The van der Waals surface area contributed by atoms with Gasteiger partial charge < -0.3 is 9.84 Å². The molecule has 5 heteroatoms. The van der Waals surface area contributed by atoms with Crippen LogP contribution in [0.2, 0.25) is 0 Å². The molecular weight excluding hydrogens is 204 g/mol. The summed E-state index contributed by atoms with van der Waals surface area (Å²) in [6.07, 6.45) is 0. The molecule has 0 aliphatic heterocycles. The maximum absolute atomic E-state index is 10.4. The van der Waals surface area contributed by atoms with Crippen LogP contribution < -0.4 is 4.74 Å². The summed E-state index contributed by atoms with van der Waals surface area (Å²) in [6, 6.07) is 2.85. The Balaban J connectivity index is 0.000000791. The molecule has 0 saturated carbocycles. The summed E-state index contributed by atoms with van der Waals surface area (Å²) in [7, 11) is 0. The van der Waals surface area contributed by atoms with Crippen molar-refractivity contribution in [3.05, 3.63) is 17.0 Å². The van der Waals surface area contributed by atoms with Gasteiger partial charge in [-0.1, -0.05) is 25.2 Å². The second-order valence-electron chi connectivity index (χ2n) is 2.02. The smallest absolute Gasteiger partial charge is 0.345 e. The highest BCUT2D eigenvalue weighted by Crippen LogP contribution is 2.24. The number of carbonyl (C=O) groups is 2. The Bertz CT molecular complexity index is 316. The number of thiophene rings is 1. The van der Waals surface area contributed by atoms with Gasteiger partial charge in [0.1, 0.15) is 4.88 Å². The van der Waals surface area contributed by atoms with Crippen molar-refractivity contribution < 1.29 is 19.4 Å². The van der Waals surface area contributed by atoms with E-state index in [1.54, 1.807) is 0 Å². The molecule has 0 aromatic carbocycles. The predicted octanol–water partition coefficient (Wildman–Crippen LogP) is 2.40. The van der Waals surface area contributed by atoms with E-state index in [-0.39, 0.29) is 4.88 Å². The Morgan fingerprint density at radius 3 is 2.29 bits per heavy atom. The zero-order valence-electron chi connectivity index (χ0n) is 8.23. The number of rotatable bonds is 2. The molecule has 1 N–H and O–H groups in total. The zero-order valence-corrected chi connectivity index (χ0v) is 9.05. The minimum atomic E-state index is -1.02. The van der Waals surface area contributed by atoms with Gasteiger partial charge in [0.25, 0.3) is 0 Å². The Morgan fingerprint density at radius 2 is 1.93 bits per heavy atom. The van der Waals surface area contributed by atoms with Gasteiger partial charge in [-0.05, 0) is 12.1 Å². The molecule has 0 spiro atoms. The van der Waals surface area contributed by atoms with E-state index < -0.39 is 11.9 Å². The van der Waals surface area contributed by atoms with Crippen molar-refractivity contribution in [3.63, 3.8) is 0 Å². The average Bonchev–Trinajstić information content (AvgIpc) is 2.55. The van der Waals surface area contributed by atoms with E-state index in [4.69, 9.17) is 5.11 Å². The quantitative estimate of drug-likeness (QED) is 0.771. The van der Waals surface area contributed by atoms with Gasteiger partial charge in [0.15, 0.2) is 5.06 Å². The van der Waals surface area contributed by atoms with E-state index in [1.165, 1.54) is 19.1 Å². The largest absolute Gasteiger partial charge is 0.477 e. The van der Waals surface area contributed by atoms with Gasteiger partial charge in [-0.25, -0.2) is 4.79 Å². The highest BCUT2D eigenvalue weighted by molar-refractivity contribution is 7.15. The number of carboxylic acid groups (broad SMARTS) is 1. The lowest BCUT2D eigenvalue weighted by atomic mass is 10.5. The lowest BCUT2D eigenvalue weighted by molar-refractivity contribution is -0.131. The Morgan fingerprint density at radius 1 is 1.36 bits per heavy atom. The van der Waals surface area contributed by atoms with Gasteiger partial charge in [0, 0.05) is 6.92 Å². The molecule has 0 aliphatic rings. The molecule has 1 heterocycles. The third-order valence-electron chi connectivity index (χ3n) is 1.04. The Hall–Kier alpha value is -1.36. The number of aromatic carboxylic acids is 1. The summed E-state index contributed by atoms with van der Waals surface area (Å²) in [5.41, 5.74) is 0. The van der Waals surface area contributed by atoms with Crippen LogP contribution in [-0.2, 0) is 4.79 Å². The molecule has 14 heavy (non-hydrogen) atoms. The summed E-state index contributed by atoms with van der Waals surface area (Å²) in [6.45, 7) is 5.26.